The van der Waals surface area contributed by atoms with E-state index in [-0.39, 0.29) is 22.6 Å². The highest BCUT2D eigenvalue weighted by Crippen LogP contribution is 2.31. The van der Waals surface area contributed by atoms with Crippen LogP contribution in [-0.2, 0) is 4.79 Å². The van der Waals surface area contributed by atoms with Gasteiger partial charge >= 0.3 is 0 Å². The molecule has 0 radical (unpaired) electrons. The Morgan fingerprint density at radius 2 is 1.94 bits per heavy atom. The molecule has 32 heavy (non-hydrogen) atoms. The van der Waals surface area contributed by atoms with Crippen molar-refractivity contribution >= 4 is 77.9 Å². The molecule has 0 aliphatic carbocycles. The molecule has 4 aromatic rings. The number of nitrogens with zero attached hydrogens (tertiary/aromatic N) is 3. The van der Waals surface area contributed by atoms with Crippen molar-refractivity contribution in [1.29, 1.82) is 0 Å². The first kappa shape index (κ1) is 22.7. The molecular formula is C22H13BrCl2FN3O2S. The van der Waals surface area contributed by atoms with Crippen LogP contribution < -0.4 is 9.75 Å². The summed E-state index contributed by atoms with van der Waals surface area (Å²) in [4.78, 5) is 17.4. The minimum Gasteiger partial charge on any atom is -0.482 e. The molecule has 0 saturated heterocycles. The van der Waals surface area contributed by atoms with Crippen molar-refractivity contribution in [2.45, 2.75) is 0 Å². The quantitative estimate of drug-likeness (QED) is 0.192. The number of carbonyl (C=O) groups is 1. The van der Waals surface area contributed by atoms with Crippen LogP contribution in [0.3, 0.4) is 0 Å². The summed E-state index contributed by atoms with van der Waals surface area (Å²) in [5.41, 5.74) is 1.34. The second kappa shape index (κ2) is 9.95. The lowest BCUT2D eigenvalue weighted by molar-refractivity contribution is -0.120. The van der Waals surface area contributed by atoms with Crippen LogP contribution in [0, 0.1) is 5.82 Å². The zero-order valence-corrected chi connectivity index (χ0v) is 20.1. The second-order valence-corrected chi connectivity index (χ2v) is 9.24. The molecule has 0 aliphatic rings. The lowest BCUT2D eigenvalue weighted by atomic mass is 10.2. The Bertz CT molecular complexity index is 1310. The van der Waals surface area contributed by atoms with E-state index in [1.54, 1.807) is 18.2 Å². The fourth-order valence-corrected chi connectivity index (χ4v) is 4.36. The highest BCUT2D eigenvalue weighted by atomic mass is 79.9. The monoisotopic (exact) mass is 551 g/mol. The minimum atomic E-state index is -0.482. The van der Waals surface area contributed by atoms with Crippen molar-refractivity contribution in [1.82, 2.24) is 4.98 Å². The van der Waals surface area contributed by atoms with E-state index in [4.69, 9.17) is 27.9 Å². The van der Waals surface area contributed by atoms with Crippen LogP contribution in [-0.4, -0.2) is 23.7 Å². The Kier molecular flexibility index (Phi) is 7.05. The Morgan fingerprint density at radius 3 is 2.69 bits per heavy atom. The molecule has 0 aliphatic heterocycles. The molecule has 0 spiro atoms. The zero-order valence-electron chi connectivity index (χ0n) is 16.1. The van der Waals surface area contributed by atoms with E-state index in [1.807, 2.05) is 24.3 Å². The molecular weight excluding hydrogens is 540 g/mol. The summed E-state index contributed by atoms with van der Waals surface area (Å²) in [6.45, 7) is -0.344. The number of aromatic nitrogens is 1. The molecule has 10 heteroatoms. The molecule has 3 aromatic carbocycles. The van der Waals surface area contributed by atoms with Crippen LogP contribution in [0.1, 0.15) is 5.56 Å². The molecule has 0 fully saturated rings. The van der Waals surface area contributed by atoms with E-state index in [1.165, 1.54) is 24.4 Å². The van der Waals surface area contributed by atoms with Crippen LogP contribution in [0.5, 0.6) is 5.75 Å². The summed E-state index contributed by atoms with van der Waals surface area (Å²) >= 11 is 16.5. The Labute approximate surface area is 205 Å². The van der Waals surface area contributed by atoms with Crippen molar-refractivity contribution in [3.05, 3.63) is 86.6 Å². The van der Waals surface area contributed by atoms with Gasteiger partial charge in [-0.05, 0) is 54.1 Å². The first-order valence-electron chi connectivity index (χ1n) is 9.15. The summed E-state index contributed by atoms with van der Waals surface area (Å²) in [7, 11) is 0. The van der Waals surface area contributed by atoms with Crippen LogP contribution in [0.25, 0.3) is 10.2 Å². The predicted octanol–water partition coefficient (Wildman–Crippen LogP) is 6.95. The smallest absolute Gasteiger partial charge is 0.287 e. The van der Waals surface area contributed by atoms with E-state index in [0.717, 1.165) is 26.4 Å². The van der Waals surface area contributed by atoms with Crippen molar-refractivity contribution < 1.29 is 13.9 Å². The number of fused-ring (bicyclic) bond motifs is 1. The molecule has 5 nitrogen and oxygen atoms in total. The molecule has 1 heterocycles. The number of ether oxygens (including phenoxy) is 1. The van der Waals surface area contributed by atoms with Gasteiger partial charge in [0, 0.05) is 9.50 Å². The van der Waals surface area contributed by atoms with Gasteiger partial charge in [-0.1, -0.05) is 62.6 Å². The molecule has 162 valence electrons. The molecule has 1 amide bonds. The fourth-order valence-electron chi connectivity index (χ4n) is 2.66. The highest BCUT2D eigenvalue weighted by molar-refractivity contribution is 9.10. The van der Waals surface area contributed by atoms with Crippen molar-refractivity contribution in [3.63, 3.8) is 0 Å². The van der Waals surface area contributed by atoms with Gasteiger partial charge in [0.15, 0.2) is 6.61 Å². The van der Waals surface area contributed by atoms with Crippen LogP contribution in [0.15, 0.2) is 70.2 Å². The summed E-state index contributed by atoms with van der Waals surface area (Å²) in [5, 5.41) is 6.48. The third kappa shape index (κ3) is 5.45. The number of amides is 1. The summed E-state index contributed by atoms with van der Waals surface area (Å²) < 4.78 is 20.7. The molecule has 4 rings (SSSR count). The van der Waals surface area contributed by atoms with E-state index < -0.39 is 5.91 Å². The van der Waals surface area contributed by atoms with Gasteiger partial charge in [-0.25, -0.2) is 9.37 Å². The zero-order chi connectivity index (χ0) is 22.7. The topological polar surface area (TPSA) is 54.8 Å². The number of anilines is 1. The van der Waals surface area contributed by atoms with Gasteiger partial charge in [0.2, 0.25) is 5.13 Å². The standard InChI is InChI=1S/C22H13BrCl2FN3O2S/c23-14-3-1-13(2-4-14)11-27-29(22-28-18-7-6-16(26)10-20(18)32-22)21(30)12-31-19-8-5-15(24)9-17(19)25/h1-11H,12H2/b27-11+. The maximum atomic E-state index is 13.6. The van der Waals surface area contributed by atoms with E-state index >= 15 is 0 Å². The minimum absolute atomic E-state index is 0.283. The lowest BCUT2D eigenvalue weighted by Gasteiger charge is -2.15. The van der Waals surface area contributed by atoms with Crippen molar-refractivity contribution in [2.24, 2.45) is 5.10 Å². The van der Waals surface area contributed by atoms with E-state index in [9.17, 15) is 9.18 Å². The molecule has 0 saturated carbocycles. The summed E-state index contributed by atoms with van der Waals surface area (Å²) in [6, 6.07) is 16.3. The van der Waals surface area contributed by atoms with Gasteiger partial charge in [-0.15, -0.1) is 0 Å². The van der Waals surface area contributed by atoms with Crippen molar-refractivity contribution in [2.75, 3.05) is 11.6 Å². The number of carbonyl (C=O) groups excluding carboxylic acids is 1. The lowest BCUT2D eigenvalue weighted by Crippen LogP contribution is -2.30. The number of hydrazone groups is 1. The summed E-state index contributed by atoms with van der Waals surface area (Å²) in [5.74, 6) is -0.554. The maximum absolute atomic E-state index is 13.6. The van der Waals surface area contributed by atoms with E-state index in [2.05, 4.69) is 26.0 Å². The van der Waals surface area contributed by atoms with Gasteiger partial charge in [0.1, 0.15) is 11.6 Å². The number of halogens is 4. The Balaban J connectivity index is 1.62. The molecule has 1 aromatic heterocycles. The predicted molar refractivity (Wildman–Crippen MR) is 131 cm³/mol. The average Bonchev–Trinajstić information content (AvgIpc) is 3.17. The average molecular weight is 553 g/mol. The van der Waals surface area contributed by atoms with E-state index in [0.29, 0.717) is 21.0 Å². The van der Waals surface area contributed by atoms with Gasteiger partial charge < -0.3 is 4.74 Å². The third-order valence-electron chi connectivity index (χ3n) is 4.19. The number of benzene rings is 3. The molecule has 0 N–H and O–H groups in total. The largest absolute Gasteiger partial charge is 0.482 e. The fraction of sp³-hybridized carbons (Fsp3) is 0.0455. The third-order valence-corrected chi connectivity index (χ3v) is 6.25. The Hall–Kier alpha value is -2.52. The van der Waals surface area contributed by atoms with Crippen LogP contribution in [0.4, 0.5) is 9.52 Å². The molecule has 0 atom stereocenters. The maximum Gasteiger partial charge on any atom is 0.287 e. The van der Waals surface area contributed by atoms with Gasteiger partial charge in [-0.2, -0.15) is 10.1 Å². The number of thiazole rings is 1. The first-order chi connectivity index (χ1) is 15.4. The van der Waals surface area contributed by atoms with Crippen LogP contribution in [0.2, 0.25) is 10.0 Å². The van der Waals surface area contributed by atoms with Gasteiger partial charge in [0.25, 0.3) is 5.91 Å². The first-order valence-corrected chi connectivity index (χ1v) is 11.5. The second-order valence-electron chi connectivity index (χ2n) is 6.47. The number of hydrogen-bond donors (Lipinski definition) is 0. The van der Waals surface area contributed by atoms with Crippen LogP contribution >= 0.6 is 50.5 Å². The van der Waals surface area contributed by atoms with Gasteiger partial charge in [0.05, 0.1) is 21.5 Å². The molecule has 0 bridgehead atoms. The van der Waals surface area contributed by atoms with Crippen molar-refractivity contribution in [3.8, 4) is 5.75 Å². The van der Waals surface area contributed by atoms with Gasteiger partial charge in [-0.3, -0.25) is 4.79 Å². The number of hydrogen-bond acceptors (Lipinski definition) is 5. The SMILES string of the molecule is O=C(COc1ccc(Cl)cc1Cl)N(/N=C/c1ccc(Br)cc1)c1nc2ccc(F)cc2s1. The Morgan fingerprint density at radius 1 is 1.16 bits per heavy atom. The summed E-state index contributed by atoms with van der Waals surface area (Å²) in [6.07, 6.45) is 1.53. The highest BCUT2D eigenvalue weighted by Gasteiger charge is 2.20. The normalized spacial score (nSPS) is 11.2. The number of rotatable bonds is 6. The molecule has 0 unspecified atom stereocenters.